The highest BCUT2D eigenvalue weighted by molar-refractivity contribution is 7.54. The Hall–Kier alpha value is -0.870. The lowest BCUT2D eigenvalue weighted by molar-refractivity contribution is -0.0153. The van der Waals surface area contributed by atoms with E-state index in [2.05, 4.69) is 41.5 Å². The largest absolute Gasteiger partial charge is 0.378 e. The Morgan fingerprint density at radius 1 is 0.829 bits per heavy atom. The molecule has 1 aromatic rings. The lowest BCUT2D eigenvalue weighted by Gasteiger charge is -2.42. The Morgan fingerprint density at radius 2 is 1.26 bits per heavy atom. The highest BCUT2D eigenvalue weighted by atomic mass is 31.2. The fourth-order valence-corrected chi connectivity index (χ4v) is 8.17. The number of rotatable bonds is 9. The van der Waals surface area contributed by atoms with Crippen LogP contribution in [-0.4, -0.2) is 31.4 Å². The van der Waals surface area contributed by atoms with Crippen molar-refractivity contribution in [3.63, 3.8) is 0 Å². The van der Waals surface area contributed by atoms with Gasteiger partial charge in [0.2, 0.25) is 0 Å². The van der Waals surface area contributed by atoms with Gasteiger partial charge in [-0.15, -0.1) is 0 Å². The van der Waals surface area contributed by atoms with Crippen molar-refractivity contribution in [2.45, 2.75) is 98.1 Å². The van der Waals surface area contributed by atoms with E-state index in [1.807, 2.05) is 43.3 Å². The molecule has 3 rings (SSSR count). The van der Waals surface area contributed by atoms with E-state index in [9.17, 15) is 9.67 Å². The van der Waals surface area contributed by atoms with Crippen molar-refractivity contribution in [2.75, 3.05) is 19.0 Å². The van der Waals surface area contributed by atoms with Gasteiger partial charge in [0.25, 0.3) is 0 Å². The normalized spacial score (nSPS) is 32.4. The van der Waals surface area contributed by atoms with Gasteiger partial charge in [-0.2, -0.15) is 0 Å². The molecular formula is C29H50NO4P. The first kappa shape index (κ1) is 28.7. The van der Waals surface area contributed by atoms with Crippen LogP contribution >= 0.6 is 7.60 Å². The van der Waals surface area contributed by atoms with Crippen LogP contribution in [0.5, 0.6) is 0 Å². The molecule has 5 nitrogen and oxygen atoms in total. The minimum absolute atomic E-state index is 0.168. The van der Waals surface area contributed by atoms with Crippen LogP contribution in [0.4, 0.5) is 5.69 Å². The number of aliphatic hydroxyl groups excluding tert-OH is 1. The quantitative estimate of drug-likeness (QED) is 0.344. The molecule has 0 aromatic heterocycles. The fourth-order valence-electron chi connectivity index (χ4n) is 6.12. The molecule has 0 heterocycles. The zero-order chi connectivity index (χ0) is 25.9. The Morgan fingerprint density at radius 3 is 1.63 bits per heavy atom. The van der Waals surface area contributed by atoms with Gasteiger partial charge in [-0.3, -0.25) is 4.57 Å². The molecule has 0 spiro atoms. The van der Waals surface area contributed by atoms with Crippen LogP contribution in [0.3, 0.4) is 0 Å². The lowest BCUT2D eigenvalue weighted by atomic mass is 9.75. The summed E-state index contributed by atoms with van der Waals surface area (Å²) in [6, 6.07) is 7.60. The van der Waals surface area contributed by atoms with Crippen molar-refractivity contribution in [2.24, 2.45) is 35.5 Å². The van der Waals surface area contributed by atoms with Crippen LogP contribution in [-0.2, 0) is 13.6 Å². The summed E-state index contributed by atoms with van der Waals surface area (Å²) in [5, 5.41) is 11.6. The molecule has 2 aliphatic rings. The van der Waals surface area contributed by atoms with Crippen molar-refractivity contribution in [3.05, 3.63) is 29.8 Å². The van der Waals surface area contributed by atoms with Gasteiger partial charge in [-0.05, 0) is 78.9 Å². The van der Waals surface area contributed by atoms with Crippen molar-refractivity contribution >= 4 is 13.3 Å². The first-order valence-electron chi connectivity index (χ1n) is 13.8. The monoisotopic (exact) mass is 507 g/mol. The molecule has 0 aliphatic heterocycles. The molecule has 1 aromatic carbocycles. The van der Waals surface area contributed by atoms with Crippen LogP contribution in [0, 0.1) is 35.5 Å². The van der Waals surface area contributed by atoms with E-state index in [0.717, 1.165) is 44.2 Å². The van der Waals surface area contributed by atoms with Gasteiger partial charge in [0.15, 0.2) is 5.85 Å². The van der Waals surface area contributed by atoms with Gasteiger partial charge in [0.1, 0.15) is 0 Å². The zero-order valence-electron chi connectivity index (χ0n) is 23.3. The first-order chi connectivity index (χ1) is 16.4. The van der Waals surface area contributed by atoms with Gasteiger partial charge in [0.05, 0.1) is 12.2 Å². The second-order valence-corrected chi connectivity index (χ2v) is 14.3. The van der Waals surface area contributed by atoms with Crippen LogP contribution in [0.1, 0.15) is 91.5 Å². The topological polar surface area (TPSA) is 59.0 Å². The molecule has 2 aliphatic carbocycles. The number of benzene rings is 1. The maximum absolute atomic E-state index is 14.7. The number of hydrogen-bond donors (Lipinski definition) is 1. The predicted molar refractivity (Wildman–Crippen MR) is 146 cm³/mol. The van der Waals surface area contributed by atoms with E-state index in [4.69, 9.17) is 9.05 Å². The second-order valence-electron chi connectivity index (χ2n) is 12.3. The van der Waals surface area contributed by atoms with Crippen LogP contribution in [0.2, 0.25) is 0 Å². The molecule has 7 unspecified atom stereocenters. The average molecular weight is 508 g/mol. The third kappa shape index (κ3) is 7.12. The summed E-state index contributed by atoms with van der Waals surface area (Å²) in [6.07, 6.45) is 5.83. The van der Waals surface area contributed by atoms with E-state index >= 15 is 0 Å². The van der Waals surface area contributed by atoms with Gasteiger partial charge < -0.3 is 19.1 Å². The Kier molecular flexibility index (Phi) is 9.93. The molecule has 0 bridgehead atoms. The van der Waals surface area contributed by atoms with Crippen LogP contribution in [0.15, 0.2) is 24.3 Å². The fraction of sp³-hybridized carbons (Fsp3) is 0.793. The molecular weight excluding hydrogens is 457 g/mol. The van der Waals surface area contributed by atoms with Gasteiger partial charge >= 0.3 is 7.60 Å². The summed E-state index contributed by atoms with van der Waals surface area (Å²) >= 11 is 0. The lowest BCUT2D eigenvalue weighted by Crippen LogP contribution is -2.37. The number of aliphatic hydroxyl groups is 1. The standard InChI is InChI=1S/C29H50NO4P/c1-19(2)25-15-9-21(5)17-27(25)33-35(32,29(31)23-11-13-24(14-12-23)30(7)8)34-28-18-22(6)10-16-26(28)20(3)4/h11-14,19-22,25-29,31H,9-10,15-18H2,1-8H3. The third-order valence-electron chi connectivity index (χ3n) is 8.49. The SMILES string of the molecule is CC1CCC(C(C)C)C(OP(=O)(OC2CC(C)CCC2C(C)C)C(O)c2ccc(N(C)C)cc2)C1. The molecule has 6 heteroatoms. The molecule has 2 fully saturated rings. The van der Waals surface area contributed by atoms with Gasteiger partial charge in [-0.25, -0.2) is 0 Å². The summed E-state index contributed by atoms with van der Waals surface area (Å²) in [5.74, 6) is 1.21. The molecule has 2 saturated carbocycles. The van der Waals surface area contributed by atoms with Crippen molar-refractivity contribution in [1.29, 1.82) is 0 Å². The number of nitrogens with zero attached hydrogens (tertiary/aromatic N) is 1. The highest BCUT2D eigenvalue weighted by Crippen LogP contribution is 2.64. The summed E-state index contributed by atoms with van der Waals surface area (Å²) in [5.41, 5.74) is 1.62. The van der Waals surface area contributed by atoms with E-state index in [1.54, 1.807) is 0 Å². The molecule has 0 saturated heterocycles. The maximum Gasteiger partial charge on any atom is 0.363 e. The molecule has 7 atom stereocenters. The summed E-state index contributed by atoms with van der Waals surface area (Å²) in [6.45, 7) is 13.4. The van der Waals surface area contributed by atoms with Crippen molar-refractivity contribution in [3.8, 4) is 0 Å². The summed E-state index contributed by atoms with van der Waals surface area (Å²) in [4.78, 5) is 2.01. The smallest absolute Gasteiger partial charge is 0.363 e. The number of hydrogen-bond acceptors (Lipinski definition) is 5. The van der Waals surface area contributed by atoms with E-state index in [1.165, 1.54) is 0 Å². The molecule has 1 N–H and O–H groups in total. The third-order valence-corrected chi connectivity index (χ3v) is 10.5. The molecule has 35 heavy (non-hydrogen) atoms. The Balaban J connectivity index is 1.95. The van der Waals surface area contributed by atoms with E-state index in [0.29, 0.717) is 41.1 Å². The Labute approximate surface area is 214 Å². The van der Waals surface area contributed by atoms with Crippen LogP contribution < -0.4 is 4.90 Å². The van der Waals surface area contributed by atoms with E-state index in [-0.39, 0.29) is 12.2 Å². The zero-order valence-corrected chi connectivity index (χ0v) is 24.2. The first-order valence-corrected chi connectivity index (χ1v) is 15.4. The summed E-state index contributed by atoms with van der Waals surface area (Å²) in [7, 11) is 0.0893. The maximum atomic E-state index is 14.7. The second kappa shape index (κ2) is 12.1. The number of anilines is 1. The highest BCUT2D eigenvalue weighted by Gasteiger charge is 2.46. The summed E-state index contributed by atoms with van der Waals surface area (Å²) < 4.78 is 27.8. The minimum Gasteiger partial charge on any atom is -0.378 e. The van der Waals surface area contributed by atoms with Gasteiger partial charge in [0, 0.05) is 19.8 Å². The van der Waals surface area contributed by atoms with E-state index < -0.39 is 13.4 Å². The van der Waals surface area contributed by atoms with Crippen LogP contribution in [0.25, 0.3) is 0 Å². The van der Waals surface area contributed by atoms with Crippen molar-refractivity contribution < 1.29 is 18.7 Å². The molecule has 0 amide bonds. The Bertz CT molecular complexity index is 802. The van der Waals surface area contributed by atoms with Gasteiger partial charge in [-0.1, -0.05) is 66.5 Å². The van der Waals surface area contributed by atoms with Crippen molar-refractivity contribution in [1.82, 2.24) is 0 Å². The average Bonchev–Trinajstić information content (AvgIpc) is 2.78. The minimum atomic E-state index is -3.87. The molecule has 0 radical (unpaired) electrons. The molecule has 200 valence electrons. The predicted octanol–water partition coefficient (Wildman–Crippen LogP) is 7.89.